The van der Waals surface area contributed by atoms with Crippen LogP contribution in [0.15, 0.2) is 36.4 Å². The number of aryl methyl sites for hydroxylation is 2. The molecule has 0 bridgehead atoms. The standard InChI is InChI=1S/C17H16O2/c1-10-13-5-3-4-6-14(13)11(2)16-8-17(19)12(9-18)7-15(10)16/h3-8,18-19H,9H2,1-2H3. The summed E-state index contributed by atoms with van der Waals surface area (Å²) in [5.41, 5.74) is 2.92. The first-order valence-corrected chi connectivity index (χ1v) is 6.38. The molecule has 0 aliphatic heterocycles. The van der Waals surface area contributed by atoms with Crippen LogP contribution in [0.3, 0.4) is 0 Å². The molecule has 0 aliphatic rings. The Morgan fingerprint density at radius 1 is 0.842 bits per heavy atom. The van der Waals surface area contributed by atoms with Crippen LogP contribution in [0.4, 0.5) is 0 Å². The minimum Gasteiger partial charge on any atom is -0.508 e. The van der Waals surface area contributed by atoms with Gasteiger partial charge in [-0.2, -0.15) is 0 Å². The first kappa shape index (κ1) is 12.0. The highest BCUT2D eigenvalue weighted by molar-refractivity contribution is 6.06. The van der Waals surface area contributed by atoms with Gasteiger partial charge in [0.15, 0.2) is 0 Å². The third-order valence-electron chi connectivity index (χ3n) is 3.93. The quantitative estimate of drug-likeness (QED) is 0.646. The molecule has 0 saturated heterocycles. The van der Waals surface area contributed by atoms with Crippen LogP contribution in [0.1, 0.15) is 16.7 Å². The molecule has 0 aliphatic carbocycles. The second kappa shape index (κ2) is 4.25. The van der Waals surface area contributed by atoms with Crippen LogP contribution in [-0.2, 0) is 6.61 Å². The van der Waals surface area contributed by atoms with E-state index in [1.165, 1.54) is 16.3 Å². The minimum absolute atomic E-state index is 0.146. The lowest BCUT2D eigenvalue weighted by Gasteiger charge is -2.13. The van der Waals surface area contributed by atoms with E-state index in [1.807, 2.05) is 18.2 Å². The maximum absolute atomic E-state index is 9.94. The molecular weight excluding hydrogens is 236 g/mol. The molecule has 3 rings (SSSR count). The van der Waals surface area contributed by atoms with Crippen LogP contribution in [-0.4, -0.2) is 10.2 Å². The number of benzene rings is 3. The second-order valence-corrected chi connectivity index (χ2v) is 4.98. The van der Waals surface area contributed by atoms with Gasteiger partial charge in [-0.25, -0.2) is 0 Å². The molecule has 3 aromatic carbocycles. The van der Waals surface area contributed by atoms with Crippen LogP contribution >= 0.6 is 0 Å². The van der Waals surface area contributed by atoms with Crippen molar-refractivity contribution in [3.05, 3.63) is 53.1 Å². The lowest BCUT2D eigenvalue weighted by atomic mass is 9.92. The van der Waals surface area contributed by atoms with Gasteiger partial charge >= 0.3 is 0 Å². The van der Waals surface area contributed by atoms with E-state index in [9.17, 15) is 10.2 Å². The molecule has 0 unspecified atom stereocenters. The van der Waals surface area contributed by atoms with Crippen LogP contribution in [0, 0.1) is 13.8 Å². The predicted molar refractivity (Wildman–Crippen MR) is 78.5 cm³/mol. The second-order valence-electron chi connectivity index (χ2n) is 4.98. The maximum Gasteiger partial charge on any atom is 0.121 e. The minimum atomic E-state index is -0.146. The van der Waals surface area contributed by atoms with Gasteiger partial charge < -0.3 is 10.2 Å². The van der Waals surface area contributed by atoms with E-state index >= 15 is 0 Å². The fourth-order valence-corrected chi connectivity index (χ4v) is 2.81. The van der Waals surface area contributed by atoms with E-state index < -0.39 is 0 Å². The summed E-state index contributed by atoms with van der Waals surface area (Å²) in [4.78, 5) is 0. The van der Waals surface area contributed by atoms with Gasteiger partial charge in [0.05, 0.1) is 6.61 Å². The van der Waals surface area contributed by atoms with E-state index in [1.54, 1.807) is 6.07 Å². The Morgan fingerprint density at radius 2 is 1.37 bits per heavy atom. The summed E-state index contributed by atoms with van der Waals surface area (Å²) in [6.45, 7) is 4.01. The molecule has 0 saturated carbocycles. The molecule has 0 atom stereocenters. The van der Waals surface area contributed by atoms with Gasteiger partial charge in [-0.15, -0.1) is 0 Å². The summed E-state index contributed by atoms with van der Waals surface area (Å²) in [6, 6.07) is 11.9. The number of hydrogen-bond acceptors (Lipinski definition) is 2. The molecule has 0 amide bonds. The number of fused-ring (bicyclic) bond motifs is 2. The van der Waals surface area contributed by atoms with Gasteiger partial charge in [-0.1, -0.05) is 24.3 Å². The van der Waals surface area contributed by atoms with Gasteiger partial charge in [0.25, 0.3) is 0 Å². The molecule has 2 nitrogen and oxygen atoms in total. The average molecular weight is 252 g/mol. The van der Waals surface area contributed by atoms with Crippen molar-refractivity contribution in [1.82, 2.24) is 0 Å². The Hall–Kier alpha value is -2.06. The van der Waals surface area contributed by atoms with Crippen LogP contribution in [0.2, 0.25) is 0 Å². The zero-order valence-electron chi connectivity index (χ0n) is 11.1. The molecule has 0 radical (unpaired) electrons. The van der Waals surface area contributed by atoms with Gasteiger partial charge in [-0.05, 0) is 58.7 Å². The molecule has 96 valence electrons. The third-order valence-corrected chi connectivity index (χ3v) is 3.93. The van der Waals surface area contributed by atoms with Gasteiger partial charge in [0, 0.05) is 5.56 Å². The predicted octanol–water partition coefficient (Wildman–Crippen LogP) is 3.81. The first-order chi connectivity index (χ1) is 9.13. The van der Waals surface area contributed by atoms with Gasteiger partial charge in [0.2, 0.25) is 0 Å². The highest BCUT2D eigenvalue weighted by Gasteiger charge is 2.11. The van der Waals surface area contributed by atoms with Gasteiger partial charge in [-0.3, -0.25) is 0 Å². The summed E-state index contributed by atoms with van der Waals surface area (Å²) >= 11 is 0. The fraction of sp³-hybridized carbons (Fsp3) is 0.176. The molecule has 0 heterocycles. The van der Waals surface area contributed by atoms with Crippen molar-refractivity contribution >= 4 is 21.5 Å². The number of aromatic hydroxyl groups is 1. The molecule has 0 aromatic heterocycles. The van der Waals surface area contributed by atoms with Crippen molar-refractivity contribution in [3.8, 4) is 5.75 Å². The fourth-order valence-electron chi connectivity index (χ4n) is 2.81. The van der Waals surface area contributed by atoms with Crippen LogP contribution < -0.4 is 0 Å². The topological polar surface area (TPSA) is 40.5 Å². The van der Waals surface area contributed by atoms with Crippen molar-refractivity contribution in [1.29, 1.82) is 0 Å². The number of aliphatic hydroxyl groups excluding tert-OH is 1. The molecule has 2 N–H and O–H groups in total. The highest BCUT2D eigenvalue weighted by atomic mass is 16.3. The van der Waals surface area contributed by atoms with E-state index in [0.717, 1.165) is 16.3 Å². The van der Waals surface area contributed by atoms with Crippen molar-refractivity contribution in [3.63, 3.8) is 0 Å². The van der Waals surface area contributed by atoms with E-state index in [0.29, 0.717) is 5.56 Å². The maximum atomic E-state index is 9.94. The van der Waals surface area contributed by atoms with Crippen molar-refractivity contribution in [2.24, 2.45) is 0 Å². The SMILES string of the molecule is Cc1c2ccccc2c(C)c2cc(CO)c(O)cc12. The van der Waals surface area contributed by atoms with Crippen molar-refractivity contribution in [2.75, 3.05) is 0 Å². The van der Waals surface area contributed by atoms with Gasteiger partial charge in [0.1, 0.15) is 5.75 Å². The van der Waals surface area contributed by atoms with Crippen LogP contribution in [0.25, 0.3) is 21.5 Å². The lowest BCUT2D eigenvalue weighted by Crippen LogP contribution is -1.91. The number of rotatable bonds is 1. The third kappa shape index (κ3) is 1.68. The van der Waals surface area contributed by atoms with E-state index in [4.69, 9.17) is 0 Å². The Kier molecular flexibility index (Phi) is 2.68. The number of aliphatic hydroxyl groups is 1. The van der Waals surface area contributed by atoms with Crippen LogP contribution in [0.5, 0.6) is 5.75 Å². The first-order valence-electron chi connectivity index (χ1n) is 6.38. The number of hydrogen-bond donors (Lipinski definition) is 2. The Morgan fingerprint density at radius 3 is 1.89 bits per heavy atom. The van der Waals surface area contributed by atoms with Crippen molar-refractivity contribution < 1.29 is 10.2 Å². The van der Waals surface area contributed by atoms with E-state index in [-0.39, 0.29) is 12.4 Å². The summed E-state index contributed by atoms with van der Waals surface area (Å²) in [7, 11) is 0. The monoisotopic (exact) mass is 252 g/mol. The zero-order chi connectivity index (χ0) is 13.6. The normalized spacial score (nSPS) is 11.3. The molecule has 0 fully saturated rings. The molecule has 2 heteroatoms. The summed E-state index contributed by atoms with van der Waals surface area (Å²) in [5, 5.41) is 23.8. The van der Waals surface area contributed by atoms with Crippen molar-refractivity contribution in [2.45, 2.75) is 20.5 Å². The molecular formula is C17H16O2. The number of phenols is 1. The Bertz CT molecular complexity index is 788. The molecule has 0 spiro atoms. The summed E-state index contributed by atoms with van der Waals surface area (Å²) in [5.74, 6) is 0.160. The molecule has 3 aromatic rings. The zero-order valence-corrected chi connectivity index (χ0v) is 11.1. The smallest absolute Gasteiger partial charge is 0.121 e. The largest absolute Gasteiger partial charge is 0.508 e. The van der Waals surface area contributed by atoms with E-state index in [2.05, 4.69) is 26.0 Å². The molecule has 19 heavy (non-hydrogen) atoms. The Labute approximate surface area is 111 Å². The average Bonchev–Trinajstić information content (AvgIpc) is 2.44. The lowest BCUT2D eigenvalue weighted by molar-refractivity contribution is 0.276. The summed E-state index contributed by atoms with van der Waals surface area (Å²) in [6.07, 6.45) is 0. The Balaban J connectivity index is 2.56. The summed E-state index contributed by atoms with van der Waals surface area (Å²) < 4.78 is 0. The highest BCUT2D eigenvalue weighted by Crippen LogP contribution is 2.35.